The summed E-state index contributed by atoms with van der Waals surface area (Å²) in [6.07, 6.45) is 2.99. The van der Waals surface area contributed by atoms with Crippen LogP contribution in [0.2, 0.25) is 5.15 Å². The average molecular weight is 306 g/mol. The van der Waals surface area contributed by atoms with Crippen LogP contribution in [0.3, 0.4) is 0 Å². The lowest BCUT2D eigenvalue weighted by molar-refractivity contribution is 0.710. The average Bonchev–Trinajstić information content (AvgIpc) is 2.99. The predicted molar refractivity (Wildman–Crippen MR) is 82.2 cm³/mol. The van der Waals surface area contributed by atoms with Gasteiger partial charge >= 0.3 is 0 Å². The molecule has 0 bridgehead atoms. The molecule has 2 aromatic rings. The van der Waals surface area contributed by atoms with Crippen LogP contribution in [0, 0.1) is 0 Å². The number of nitrogens with one attached hydrogen (secondary N) is 2. The van der Waals surface area contributed by atoms with Gasteiger partial charge in [-0.15, -0.1) is 0 Å². The zero-order chi connectivity index (χ0) is 14.8. The Morgan fingerprint density at radius 3 is 3.00 bits per heavy atom. The Morgan fingerprint density at radius 2 is 2.33 bits per heavy atom. The predicted octanol–water partition coefficient (Wildman–Crippen LogP) is 1.65. The van der Waals surface area contributed by atoms with E-state index in [2.05, 4.69) is 20.7 Å². The molecule has 1 aliphatic heterocycles. The lowest BCUT2D eigenvalue weighted by Crippen LogP contribution is -2.22. The van der Waals surface area contributed by atoms with E-state index in [-0.39, 0.29) is 10.7 Å². The molecule has 2 N–H and O–H groups in total. The number of hydrogen-bond donors (Lipinski definition) is 2. The molecule has 0 saturated carbocycles. The van der Waals surface area contributed by atoms with E-state index in [1.807, 2.05) is 18.3 Å². The third-order valence-corrected chi connectivity index (χ3v) is 3.80. The number of nitrogens with zero attached hydrogens (tertiary/aromatic N) is 3. The Bertz CT molecular complexity index is 692. The van der Waals surface area contributed by atoms with Crippen molar-refractivity contribution < 1.29 is 0 Å². The fourth-order valence-corrected chi connectivity index (χ4v) is 2.68. The maximum absolute atomic E-state index is 11.9. The van der Waals surface area contributed by atoms with E-state index in [9.17, 15) is 4.79 Å². The van der Waals surface area contributed by atoms with Crippen LogP contribution in [0.5, 0.6) is 0 Å². The van der Waals surface area contributed by atoms with E-state index < -0.39 is 0 Å². The summed E-state index contributed by atoms with van der Waals surface area (Å²) in [5.74, 6) is 1.14. The molecule has 1 fully saturated rings. The first-order valence-corrected chi connectivity index (χ1v) is 7.19. The van der Waals surface area contributed by atoms with Crippen molar-refractivity contribution in [2.45, 2.75) is 12.3 Å². The molecule has 6 nitrogen and oxygen atoms in total. The van der Waals surface area contributed by atoms with Crippen molar-refractivity contribution in [1.82, 2.24) is 20.1 Å². The van der Waals surface area contributed by atoms with Gasteiger partial charge in [0.05, 0.1) is 0 Å². The molecule has 7 heteroatoms. The van der Waals surface area contributed by atoms with Crippen molar-refractivity contribution in [1.29, 1.82) is 0 Å². The second kappa shape index (κ2) is 5.83. The first-order valence-electron chi connectivity index (χ1n) is 6.81. The molecule has 0 radical (unpaired) electrons. The third kappa shape index (κ3) is 3.06. The van der Waals surface area contributed by atoms with Crippen molar-refractivity contribution in [3.8, 4) is 0 Å². The number of pyridine rings is 1. The second-order valence-corrected chi connectivity index (χ2v) is 5.49. The Hall–Kier alpha value is -1.92. The van der Waals surface area contributed by atoms with Crippen molar-refractivity contribution in [2.75, 3.05) is 18.4 Å². The van der Waals surface area contributed by atoms with Gasteiger partial charge < -0.3 is 10.6 Å². The van der Waals surface area contributed by atoms with E-state index in [4.69, 9.17) is 11.6 Å². The van der Waals surface area contributed by atoms with Crippen LogP contribution in [-0.4, -0.2) is 27.9 Å². The van der Waals surface area contributed by atoms with Gasteiger partial charge in [0.2, 0.25) is 0 Å². The highest BCUT2D eigenvalue weighted by molar-refractivity contribution is 6.29. The number of halogens is 1. The zero-order valence-electron chi connectivity index (χ0n) is 11.6. The highest BCUT2D eigenvalue weighted by Gasteiger charge is 2.16. The Balaban J connectivity index is 1.80. The number of aryl methyl sites for hydroxylation is 1. The minimum absolute atomic E-state index is 0.245. The van der Waals surface area contributed by atoms with Gasteiger partial charge in [0, 0.05) is 25.9 Å². The molecule has 0 aliphatic carbocycles. The topological polar surface area (TPSA) is 71.8 Å². The summed E-state index contributed by atoms with van der Waals surface area (Å²) in [7, 11) is 1.56. The summed E-state index contributed by atoms with van der Waals surface area (Å²) < 4.78 is 1.20. The van der Waals surface area contributed by atoms with Crippen molar-refractivity contribution in [3.05, 3.63) is 45.5 Å². The van der Waals surface area contributed by atoms with Crippen LogP contribution >= 0.6 is 11.6 Å². The van der Waals surface area contributed by atoms with Crippen LogP contribution in [0.25, 0.3) is 0 Å². The van der Waals surface area contributed by atoms with E-state index in [0.717, 1.165) is 19.5 Å². The molecule has 0 spiro atoms. The summed E-state index contributed by atoms with van der Waals surface area (Å²) >= 11 is 5.86. The van der Waals surface area contributed by atoms with Crippen LogP contribution in [-0.2, 0) is 7.05 Å². The molecule has 110 valence electrons. The van der Waals surface area contributed by atoms with Gasteiger partial charge in [0.15, 0.2) is 5.15 Å². The van der Waals surface area contributed by atoms with Crippen molar-refractivity contribution in [2.24, 2.45) is 7.05 Å². The van der Waals surface area contributed by atoms with E-state index >= 15 is 0 Å². The molecular weight excluding hydrogens is 290 g/mol. The number of aromatic nitrogens is 3. The molecular formula is C14H16ClN5O. The highest BCUT2D eigenvalue weighted by Crippen LogP contribution is 2.23. The summed E-state index contributed by atoms with van der Waals surface area (Å²) in [4.78, 5) is 16.3. The maximum Gasteiger partial charge on any atom is 0.290 e. The molecule has 0 aromatic carbocycles. The first kappa shape index (κ1) is 14.0. The van der Waals surface area contributed by atoms with Gasteiger partial charge in [0.25, 0.3) is 5.56 Å². The molecule has 1 saturated heterocycles. The van der Waals surface area contributed by atoms with E-state index in [1.54, 1.807) is 7.05 Å². The Kier molecular flexibility index (Phi) is 3.90. The molecule has 1 atom stereocenters. The van der Waals surface area contributed by atoms with Crippen LogP contribution in [0.1, 0.15) is 17.9 Å². The van der Waals surface area contributed by atoms with Gasteiger partial charge in [-0.25, -0.2) is 9.67 Å². The summed E-state index contributed by atoms with van der Waals surface area (Å²) in [6, 6.07) is 5.42. The normalized spacial score (nSPS) is 17.9. The van der Waals surface area contributed by atoms with E-state index in [0.29, 0.717) is 17.4 Å². The lowest BCUT2D eigenvalue weighted by atomic mass is 10.0. The quantitative estimate of drug-likeness (QED) is 0.902. The van der Waals surface area contributed by atoms with E-state index in [1.165, 1.54) is 16.3 Å². The molecule has 3 heterocycles. The largest absolute Gasteiger partial charge is 0.336 e. The summed E-state index contributed by atoms with van der Waals surface area (Å²) in [5.41, 5.74) is 1.33. The molecule has 3 rings (SSSR count). The third-order valence-electron chi connectivity index (χ3n) is 3.61. The number of anilines is 2. The zero-order valence-corrected chi connectivity index (χ0v) is 12.4. The van der Waals surface area contributed by atoms with Gasteiger partial charge in [-0.3, -0.25) is 4.79 Å². The second-order valence-electron chi connectivity index (χ2n) is 5.10. The van der Waals surface area contributed by atoms with Gasteiger partial charge in [0.1, 0.15) is 11.5 Å². The van der Waals surface area contributed by atoms with Gasteiger partial charge in [-0.2, -0.15) is 5.10 Å². The Labute approximate surface area is 127 Å². The minimum Gasteiger partial charge on any atom is -0.336 e. The molecule has 1 aliphatic rings. The monoisotopic (exact) mass is 305 g/mol. The SMILES string of the molecule is Cn1nc(Cl)cc(Nc2ccc(C3CCNC3)cn2)c1=O. The number of hydrogen-bond acceptors (Lipinski definition) is 5. The van der Waals surface area contributed by atoms with Crippen LogP contribution in [0.4, 0.5) is 11.5 Å². The fourth-order valence-electron chi connectivity index (χ4n) is 2.46. The van der Waals surface area contributed by atoms with Crippen molar-refractivity contribution >= 4 is 23.1 Å². The van der Waals surface area contributed by atoms with Crippen molar-refractivity contribution in [3.63, 3.8) is 0 Å². The van der Waals surface area contributed by atoms with Gasteiger partial charge in [-0.05, 0) is 30.5 Å². The molecule has 1 unspecified atom stereocenters. The smallest absolute Gasteiger partial charge is 0.290 e. The lowest BCUT2D eigenvalue weighted by Gasteiger charge is -2.10. The minimum atomic E-state index is -0.245. The first-order chi connectivity index (χ1) is 10.1. The van der Waals surface area contributed by atoms with Crippen LogP contribution < -0.4 is 16.2 Å². The Morgan fingerprint density at radius 1 is 1.48 bits per heavy atom. The maximum atomic E-state index is 11.9. The van der Waals surface area contributed by atoms with Gasteiger partial charge in [-0.1, -0.05) is 17.7 Å². The highest BCUT2D eigenvalue weighted by atomic mass is 35.5. The standard InChI is InChI=1S/C14H16ClN5O/c1-20-14(21)11(6-12(15)19-20)18-13-3-2-9(8-17-13)10-4-5-16-7-10/h2-3,6,8,10,16H,4-5,7H2,1H3,(H,17,18). The molecule has 21 heavy (non-hydrogen) atoms. The summed E-state index contributed by atoms with van der Waals surface area (Å²) in [6.45, 7) is 2.05. The van der Waals surface area contributed by atoms with Crippen LogP contribution in [0.15, 0.2) is 29.2 Å². The number of rotatable bonds is 3. The molecule has 0 amide bonds. The summed E-state index contributed by atoms with van der Waals surface area (Å²) in [5, 5.41) is 10.4. The fraction of sp³-hybridized carbons (Fsp3) is 0.357. The molecule has 2 aromatic heterocycles.